The van der Waals surface area contributed by atoms with Crippen molar-refractivity contribution in [2.24, 2.45) is 10.8 Å². The summed E-state index contributed by atoms with van der Waals surface area (Å²) in [6.45, 7) is 2.05. The number of hydrazone groups is 1. The molecule has 0 bridgehead atoms. The van der Waals surface area contributed by atoms with Crippen molar-refractivity contribution in [2.75, 3.05) is 0 Å². The second kappa shape index (κ2) is 6.85. The van der Waals surface area contributed by atoms with Gasteiger partial charge in [-0.3, -0.25) is 10.4 Å². The highest BCUT2D eigenvalue weighted by Crippen LogP contribution is 2.34. The number of nitrogens with one attached hydrogen (secondary N) is 2. The average molecular weight is 337 g/mol. The molecular formula is C14H17ClN6S. The predicted molar refractivity (Wildman–Crippen MR) is 91.0 cm³/mol. The molecule has 3 rings (SSSR count). The van der Waals surface area contributed by atoms with E-state index >= 15 is 0 Å². The van der Waals surface area contributed by atoms with Crippen LogP contribution in [0.2, 0.25) is 0 Å². The Balaban J connectivity index is 0.00000176. The molecule has 22 heavy (non-hydrogen) atoms. The number of guanidine groups is 1. The molecule has 8 heteroatoms. The highest BCUT2D eigenvalue weighted by Gasteiger charge is 2.28. The van der Waals surface area contributed by atoms with Gasteiger partial charge in [0.25, 0.3) is 0 Å². The van der Waals surface area contributed by atoms with Crippen molar-refractivity contribution >= 4 is 35.4 Å². The number of thiazole rings is 1. The van der Waals surface area contributed by atoms with Gasteiger partial charge in [-0.15, -0.1) is 23.7 Å². The van der Waals surface area contributed by atoms with E-state index in [4.69, 9.17) is 11.1 Å². The van der Waals surface area contributed by atoms with Gasteiger partial charge in [-0.2, -0.15) is 5.10 Å². The molecule has 116 valence electrons. The van der Waals surface area contributed by atoms with Crippen molar-refractivity contribution in [1.29, 1.82) is 5.41 Å². The number of rotatable bonds is 2. The number of hydrogen-bond donors (Lipinski definition) is 3. The van der Waals surface area contributed by atoms with Gasteiger partial charge in [0.05, 0.1) is 16.4 Å². The van der Waals surface area contributed by atoms with Crippen molar-refractivity contribution in [1.82, 2.24) is 15.4 Å². The first-order valence-corrected chi connectivity index (χ1v) is 7.54. The Morgan fingerprint density at radius 3 is 2.91 bits per heavy atom. The fraction of sp³-hybridized carbons (Fsp3) is 0.286. The molecule has 0 spiro atoms. The van der Waals surface area contributed by atoms with Crippen molar-refractivity contribution in [2.45, 2.75) is 25.7 Å². The molecule has 2 aromatic rings. The smallest absolute Gasteiger partial charge is 0.206 e. The molecule has 6 nitrogen and oxygen atoms in total. The molecule has 1 aliphatic rings. The number of nitrogens with two attached hydrogens (primary N) is 1. The van der Waals surface area contributed by atoms with Crippen molar-refractivity contribution in [3.05, 3.63) is 45.7 Å². The number of hydrogen-bond acceptors (Lipinski definition) is 5. The maximum absolute atomic E-state index is 7.27. The Bertz CT molecular complexity index is 697. The third-order valence-electron chi connectivity index (χ3n) is 3.52. The molecule has 2 heterocycles. The first-order valence-electron chi connectivity index (χ1n) is 6.66. The molecule has 0 aliphatic heterocycles. The number of aromatic nitrogens is 2. The summed E-state index contributed by atoms with van der Waals surface area (Å²) in [4.78, 5) is 8.91. The molecule has 0 aromatic carbocycles. The Morgan fingerprint density at radius 2 is 2.23 bits per heavy atom. The van der Waals surface area contributed by atoms with Gasteiger partial charge in [0.2, 0.25) is 5.96 Å². The summed E-state index contributed by atoms with van der Waals surface area (Å²) in [5.74, 6) is 0.112. The molecule has 1 unspecified atom stereocenters. The van der Waals surface area contributed by atoms with Crippen LogP contribution in [0.15, 0.2) is 28.9 Å². The van der Waals surface area contributed by atoms with Gasteiger partial charge in [-0.05, 0) is 25.0 Å². The standard InChI is InChI=1S/C14H16N6S.ClH/c1-8-2-3-17-10-6-9(13-18-4-5-21-13)7-11(12(8)10)19-20-14(15)16;/h2-5,9H,6-7H2,1H3,(H4,15,16,20);1H. The largest absolute Gasteiger partial charge is 0.369 e. The number of halogens is 1. The summed E-state index contributed by atoms with van der Waals surface area (Å²) in [7, 11) is 0. The van der Waals surface area contributed by atoms with Gasteiger partial charge in [-0.1, -0.05) is 0 Å². The highest BCUT2D eigenvalue weighted by atomic mass is 35.5. The van der Waals surface area contributed by atoms with E-state index in [0.717, 1.165) is 40.4 Å². The minimum atomic E-state index is -0.165. The lowest BCUT2D eigenvalue weighted by atomic mass is 9.84. The molecule has 0 amide bonds. The van der Waals surface area contributed by atoms with Crippen molar-refractivity contribution < 1.29 is 0 Å². The second-order valence-corrected chi connectivity index (χ2v) is 5.94. The van der Waals surface area contributed by atoms with Crippen LogP contribution >= 0.6 is 23.7 Å². The van der Waals surface area contributed by atoms with E-state index in [1.54, 1.807) is 11.3 Å². The van der Waals surface area contributed by atoms with Crippen LogP contribution in [0, 0.1) is 12.3 Å². The minimum absolute atomic E-state index is 0. The summed E-state index contributed by atoms with van der Waals surface area (Å²) in [6.07, 6.45) is 5.29. The van der Waals surface area contributed by atoms with Gasteiger partial charge in [0.15, 0.2) is 0 Å². The molecule has 1 atom stereocenters. The number of nitrogens with zero attached hydrogens (tertiary/aromatic N) is 3. The van der Waals surface area contributed by atoms with Gasteiger partial charge in [0.1, 0.15) is 0 Å². The van der Waals surface area contributed by atoms with Gasteiger partial charge in [-0.25, -0.2) is 10.4 Å². The van der Waals surface area contributed by atoms with E-state index < -0.39 is 0 Å². The average Bonchev–Trinajstić information content (AvgIpc) is 2.98. The topological polar surface area (TPSA) is 100 Å². The third-order valence-corrected chi connectivity index (χ3v) is 4.46. The van der Waals surface area contributed by atoms with Gasteiger partial charge < -0.3 is 5.73 Å². The second-order valence-electron chi connectivity index (χ2n) is 5.01. The van der Waals surface area contributed by atoms with Crippen LogP contribution in [0.4, 0.5) is 0 Å². The van der Waals surface area contributed by atoms with Crippen molar-refractivity contribution in [3.8, 4) is 0 Å². The normalized spacial score (nSPS) is 18.4. The fourth-order valence-corrected chi connectivity index (χ4v) is 3.39. The van der Waals surface area contributed by atoms with E-state index in [1.165, 1.54) is 0 Å². The van der Waals surface area contributed by atoms with Crippen LogP contribution in [-0.2, 0) is 6.42 Å². The summed E-state index contributed by atoms with van der Waals surface area (Å²) >= 11 is 1.65. The molecular weight excluding hydrogens is 320 g/mol. The van der Waals surface area contributed by atoms with Crippen LogP contribution < -0.4 is 11.2 Å². The van der Waals surface area contributed by atoms with Crippen molar-refractivity contribution in [3.63, 3.8) is 0 Å². The zero-order valence-corrected chi connectivity index (χ0v) is 13.7. The van der Waals surface area contributed by atoms with E-state index in [2.05, 4.69) is 20.5 Å². The van der Waals surface area contributed by atoms with Crippen LogP contribution in [0.25, 0.3) is 0 Å². The molecule has 4 N–H and O–H groups in total. The maximum atomic E-state index is 7.27. The molecule has 0 saturated heterocycles. The van der Waals surface area contributed by atoms with Crippen LogP contribution in [-0.4, -0.2) is 21.6 Å². The van der Waals surface area contributed by atoms with Gasteiger partial charge >= 0.3 is 0 Å². The fourth-order valence-electron chi connectivity index (χ4n) is 2.64. The monoisotopic (exact) mass is 336 g/mol. The van der Waals surface area contributed by atoms with E-state index in [9.17, 15) is 0 Å². The van der Waals surface area contributed by atoms with Gasteiger partial charge in [0, 0.05) is 35.7 Å². The quantitative estimate of drug-likeness (QED) is 0.444. The number of pyridine rings is 1. The van der Waals surface area contributed by atoms with E-state index in [1.807, 2.05) is 30.8 Å². The maximum Gasteiger partial charge on any atom is 0.206 e. The molecule has 0 radical (unpaired) electrons. The lowest BCUT2D eigenvalue weighted by molar-refractivity contribution is 0.670. The van der Waals surface area contributed by atoms with Crippen LogP contribution in [0.3, 0.4) is 0 Å². The number of aryl methyl sites for hydroxylation is 1. The Hall–Kier alpha value is -1.99. The molecule has 2 aromatic heterocycles. The number of fused-ring (bicyclic) bond motifs is 1. The Kier molecular flexibility index (Phi) is 5.10. The third kappa shape index (κ3) is 3.26. The SMILES string of the molecule is Cc1ccnc2c1C(=NNC(=N)N)CC(c1nccs1)C2.Cl. The zero-order chi connectivity index (χ0) is 14.8. The van der Waals surface area contributed by atoms with E-state index in [-0.39, 0.29) is 24.3 Å². The molecule has 0 saturated carbocycles. The summed E-state index contributed by atoms with van der Waals surface area (Å²) in [5, 5.41) is 14.7. The first-order chi connectivity index (χ1) is 10.1. The summed E-state index contributed by atoms with van der Waals surface area (Å²) in [6, 6.07) is 1.98. The Labute approximate surface area is 138 Å². The first kappa shape index (κ1) is 16.4. The molecule has 0 fully saturated rings. The minimum Gasteiger partial charge on any atom is -0.369 e. The molecule has 1 aliphatic carbocycles. The lowest BCUT2D eigenvalue weighted by Gasteiger charge is -2.25. The lowest BCUT2D eigenvalue weighted by Crippen LogP contribution is -2.29. The zero-order valence-electron chi connectivity index (χ0n) is 12.0. The van der Waals surface area contributed by atoms with E-state index in [0.29, 0.717) is 0 Å². The highest BCUT2D eigenvalue weighted by molar-refractivity contribution is 7.09. The summed E-state index contributed by atoms with van der Waals surface area (Å²) < 4.78 is 0. The Morgan fingerprint density at radius 1 is 1.41 bits per heavy atom. The van der Waals surface area contributed by atoms with Crippen LogP contribution in [0.1, 0.15) is 34.2 Å². The summed E-state index contributed by atoms with van der Waals surface area (Å²) in [5.41, 5.74) is 12.0. The predicted octanol–water partition coefficient (Wildman–Crippen LogP) is 2.19. The van der Waals surface area contributed by atoms with Crippen LogP contribution in [0.5, 0.6) is 0 Å².